The van der Waals surface area contributed by atoms with E-state index in [0.717, 1.165) is 28.7 Å². The molecule has 0 aromatic carbocycles. The van der Waals surface area contributed by atoms with Crippen LogP contribution in [0, 0.1) is 6.92 Å². The van der Waals surface area contributed by atoms with Crippen molar-refractivity contribution in [3.63, 3.8) is 0 Å². The monoisotopic (exact) mass is 227 g/mol. The van der Waals surface area contributed by atoms with Crippen LogP contribution < -0.4 is 5.32 Å². The lowest BCUT2D eigenvalue weighted by molar-refractivity contribution is 0.319. The third-order valence-electron chi connectivity index (χ3n) is 2.08. The van der Waals surface area contributed by atoms with E-state index in [1.165, 1.54) is 17.8 Å². The lowest BCUT2D eigenvalue weighted by Gasteiger charge is -1.98. The minimum absolute atomic E-state index is 0.619. The molecule has 1 aromatic rings. The normalized spacial score (nSPS) is 11.8. The van der Waals surface area contributed by atoms with Crippen LogP contribution in [-0.4, -0.2) is 22.4 Å². The molecular weight excluding hydrogens is 210 g/mol. The van der Waals surface area contributed by atoms with Gasteiger partial charge >= 0.3 is 0 Å². The molecule has 1 rings (SSSR count). The Morgan fingerprint density at radius 1 is 1.60 bits per heavy atom. The van der Waals surface area contributed by atoms with Crippen molar-refractivity contribution in [2.45, 2.75) is 33.6 Å². The first-order valence-corrected chi connectivity index (χ1v) is 5.91. The summed E-state index contributed by atoms with van der Waals surface area (Å²) >= 11 is 1.53. The zero-order valence-corrected chi connectivity index (χ0v) is 10.2. The molecule has 0 radical (unpaired) electrons. The fourth-order valence-electron chi connectivity index (χ4n) is 1.23. The highest BCUT2D eigenvalue weighted by molar-refractivity contribution is 7.17. The van der Waals surface area contributed by atoms with Gasteiger partial charge in [0, 0.05) is 6.54 Å². The molecule has 0 aliphatic heterocycles. The van der Waals surface area contributed by atoms with Gasteiger partial charge in [0.1, 0.15) is 0 Å². The van der Waals surface area contributed by atoms with Crippen molar-refractivity contribution in [3.8, 4) is 0 Å². The highest BCUT2D eigenvalue weighted by Crippen LogP contribution is 2.23. The third-order valence-corrected chi connectivity index (χ3v) is 3.31. The van der Waals surface area contributed by atoms with Crippen LogP contribution in [-0.2, 0) is 0 Å². The smallest absolute Gasteiger partial charge is 0.183 e. The zero-order chi connectivity index (χ0) is 11.3. The number of oxime groups is 1. The zero-order valence-electron chi connectivity index (χ0n) is 9.37. The van der Waals surface area contributed by atoms with Crippen molar-refractivity contribution in [3.05, 3.63) is 10.6 Å². The minimum atomic E-state index is 0.619. The summed E-state index contributed by atoms with van der Waals surface area (Å²) in [5.41, 5.74) is 1.53. The Morgan fingerprint density at radius 3 is 2.93 bits per heavy atom. The lowest BCUT2D eigenvalue weighted by atomic mass is 10.3. The number of hydrogen-bond donors (Lipinski definition) is 2. The maximum absolute atomic E-state index is 8.68. The van der Waals surface area contributed by atoms with Crippen LogP contribution in [0.25, 0.3) is 0 Å². The number of anilines is 1. The van der Waals surface area contributed by atoms with Crippen LogP contribution in [0.2, 0.25) is 0 Å². The van der Waals surface area contributed by atoms with E-state index in [2.05, 4.69) is 22.4 Å². The Morgan fingerprint density at radius 2 is 2.33 bits per heavy atom. The first kappa shape index (κ1) is 12.0. The molecule has 0 aliphatic rings. The number of aryl methyl sites for hydroxylation is 1. The molecule has 15 heavy (non-hydrogen) atoms. The van der Waals surface area contributed by atoms with Gasteiger partial charge in [0.05, 0.1) is 16.3 Å². The minimum Gasteiger partial charge on any atom is -0.411 e. The summed E-state index contributed by atoms with van der Waals surface area (Å²) in [6, 6.07) is 0. The molecule has 0 saturated carbocycles. The van der Waals surface area contributed by atoms with Crippen molar-refractivity contribution >= 4 is 22.2 Å². The first-order chi connectivity index (χ1) is 7.19. The third kappa shape index (κ3) is 3.20. The number of thiazole rings is 1. The summed E-state index contributed by atoms with van der Waals surface area (Å²) in [6.07, 6.45) is 2.31. The Balaban J connectivity index is 2.68. The highest BCUT2D eigenvalue weighted by atomic mass is 32.1. The van der Waals surface area contributed by atoms with E-state index in [1.54, 1.807) is 6.92 Å². The predicted octanol–water partition coefficient (Wildman–Crippen LogP) is 2.86. The lowest BCUT2D eigenvalue weighted by Crippen LogP contribution is -1.99. The summed E-state index contributed by atoms with van der Waals surface area (Å²) in [4.78, 5) is 5.31. The SMILES string of the molecule is CCCCNc1nc(C)c(/C(C)=N/O)s1. The van der Waals surface area contributed by atoms with Gasteiger partial charge in [-0.25, -0.2) is 4.98 Å². The van der Waals surface area contributed by atoms with E-state index in [0.29, 0.717) is 5.71 Å². The summed E-state index contributed by atoms with van der Waals surface area (Å²) in [7, 11) is 0. The van der Waals surface area contributed by atoms with Gasteiger partial charge in [0.15, 0.2) is 5.13 Å². The van der Waals surface area contributed by atoms with E-state index in [9.17, 15) is 0 Å². The fraction of sp³-hybridized carbons (Fsp3) is 0.600. The Hall–Kier alpha value is -1.10. The quantitative estimate of drug-likeness (QED) is 0.352. The highest BCUT2D eigenvalue weighted by Gasteiger charge is 2.09. The summed E-state index contributed by atoms with van der Waals surface area (Å²) in [6.45, 7) is 6.79. The molecule has 0 atom stereocenters. The van der Waals surface area contributed by atoms with Gasteiger partial charge in [-0.3, -0.25) is 0 Å². The molecule has 2 N–H and O–H groups in total. The fourth-order valence-corrected chi connectivity index (χ4v) is 2.16. The van der Waals surface area contributed by atoms with Gasteiger partial charge in [-0.2, -0.15) is 0 Å². The Kier molecular flexibility index (Phi) is 4.55. The van der Waals surface area contributed by atoms with Crippen molar-refractivity contribution in [1.29, 1.82) is 0 Å². The van der Waals surface area contributed by atoms with Crippen molar-refractivity contribution in [1.82, 2.24) is 4.98 Å². The molecule has 1 aromatic heterocycles. The molecule has 4 nitrogen and oxygen atoms in total. The van der Waals surface area contributed by atoms with E-state index in [1.807, 2.05) is 6.92 Å². The van der Waals surface area contributed by atoms with E-state index in [-0.39, 0.29) is 0 Å². The number of rotatable bonds is 5. The van der Waals surface area contributed by atoms with Crippen LogP contribution in [0.15, 0.2) is 5.16 Å². The van der Waals surface area contributed by atoms with Crippen LogP contribution in [0.4, 0.5) is 5.13 Å². The van der Waals surface area contributed by atoms with Crippen LogP contribution in [0.5, 0.6) is 0 Å². The van der Waals surface area contributed by atoms with Gasteiger partial charge in [-0.1, -0.05) is 29.8 Å². The molecule has 5 heteroatoms. The topological polar surface area (TPSA) is 57.5 Å². The number of nitrogens with one attached hydrogen (secondary N) is 1. The van der Waals surface area contributed by atoms with Gasteiger partial charge in [-0.15, -0.1) is 0 Å². The average Bonchev–Trinajstić information content (AvgIpc) is 2.59. The second-order valence-corrected chi connectivity index (χ2v) is 4.40. The molecule has 0 saturated heterocycles. The van der Waals surface area contributed by atoms with Crippen molar-refractivity contribution in [2.75, 3.05) is 11.9 Å². The van der Waals surface area contributed by atoms with E-state index in [4.69, 9.17) is 5.21 Å². The number of unbranched alkanes of at least 4 members (excludes halogenated alkanes) is 1. The molecule has 0 bridgehead atoms. The first-order valence-electron chi connectivity index (χ1n) is 5.09. The molecule has 0 aliphatic carbocycles. The molecular formula is C10H17N3OS. The van der Waals surface area contributed by atoms with Gasteiger partial charge in [0.25, 0.3) is 0 Å². The van der Waals surface area contributed by atoms with Gasteiger partial charge in [-0.05, 0) is 20.3 Å². The summed E-state index contributed by atoms with van der Waals surface area (Å²) in [5, 5.41) is 16.0. The largest absolute Gasteiger partial charge is 0.411 e. The molecule has 84 valence electrons. The van der Waals surface area contributed by atoms with Gasteiger partial charge < -0.3 is 10.5 Å². The number of nitrogens with zero attached hydrogens (tertiary/aromatic N) is 2. The maximum atomic E-state index is 8.68. The number of hydrogen-bond acceptors (Lipinski definition) is 5. The molecule has 0 unspecified atom stereocenters. The second-order valence-electron chi connectivity index (χ2n) is 3.40. The summed E-state index contributed by atoms with van der Waals surface area (Å²) in [5.74, 6) is 0. The van der Waals surface area contributed by atoms with Crippen molar-refractivity contribution in [2.24, 2.45) is 5.16 Å². The molecule has 0 fully saturated rings. The maximum Gasteiger partial charge on any atom is 0.183 e. The Bertz CT molecular complexity index is 346. The average molecular weight is 227 g/mol. The number of aromatic nitrogens is 1. The van der Waals surface area contributed by atoms with E-state index >= 15 is 0 Å². The molecule has 0 amide bonds. The Labute approximate surface area is 94.0 Å². The van der Waals surface area contributed by atoms with Crippen LogP contribution in [0.3, 0.4) is 0 Å². The molecule has 1 heterocycles. The standard InChI is InChI=1S/C10H17N3OS/c1-4-5-6-11-10-12-7(2)9(15-10)8(3)13-14/h14H,4-6H2,1-3H3,(H,11,12)/b13-8+. The van der Waals surface area contributed by atoms with Gasteiger partial charge in [0.2, 0.25) is 0 Å². The van der Waals surface area contributed by atoms with Crippen molar-refractivity contribution < 1.29 is 5.21 Å². The molecule has 0 spiro atoms. The predicted molar refractivity (Wildman–Crippen MR) is 64.2 cm³/mol. The van der Waals surface area contributed by atoms with E-state index < -0.39 is 0 Å². The summed E-state index contributed by atoms with van der Waals surface area (Å²) < 4.78 is 0. The van der Waals surface area contributed by atoms with Crippen LogP contribution in [0.1, 0.15) is 37.3 Å². The van der Waals surface area contributed by atoms with Crippen LogP contribution >= 0.6 is 11.3 Å². The second kappa shape index (κ2) is 5.70.